The summed E-state index contributed by atoms with van der Waals surface area (Å²) < 4.78 is 2.15. The van der Waals surface area contributed by atoms with Crippen molar-refractivity contribution in [1.82, 2.24) is 30.0 Å². The molecule has 4 heterocycles. The molecule has 0 bridgehead atoms. The number of nitrogens with zero attached hydrogens (tertiary/aromatic N) is 6. The van der Waals surface area contributed by atoms with Crippen molar-refractivity contribution in [2.75, 3.05) is 36.4 Å². The van der Waals surface area contributed by atoms with Crippen molar-refractivity contribution >= 4 is 17.5 Å². The molecule has 2 N–H and O–H groups in total. The van der Waals surface area contributed by atoms with E-state index in [1.54, 1.807) is 0 Å². The molecular formula is C25H34N8. The Bertz CT molecular complexity index is 1140. The fourth-order valence-corrected chi connectivity index (χ4v) is 5.07. The van der Waals surface area contributed by atoms with Gasteiger partial charge in [0.1, 0.15) is 5.82 Å². The van der Waals surface area contributed by atoms with E-state index in [1.807, 2.05) is 18.5 Å². The Hall–Kier alpha value is -3.00. The molecule has 1 aliphatic heterocycles. The zero-order chi connectivity index (χ0) is 23.2. The average molecular weight is 447 g/mol. The normalized spacial score (nSPS) is 17.1. The molecule has 0 radical (unpaired) electrons. The van der Waals surface area contributed by atoms with Crippen molar-refractivity contribution in [3.63, 3.8) is 0 Å². The van der Waals surface area contributed by atoms with E-state index in [9.17, 15) is 0 Å². The smallest absolute Gasteiger partial charge is 0.228 e. The molecule has 8 nitrogen and oxygen atoms in total. The van der Waals surface area contributed by atoms with E-state index in [0.717, 1.165) is 62.0 Å². The number of piperazine rings is 1. The van der Waals surface area contributed by atoms with Crippen LogP contribution >= 0.6 is 0 Å². The minimum atomic E-state index is -0.0495. The van der Waals surface area contributed by atoms with Gasteiger partial charge in [-0.3, -0.25) is 4.68 Å². The molecule has 174 valence electrons. The molecule has 1 fully saturated rings. The SMILES string of the molecule is CCn1nc2c(c1C(C)C)-c1nc(Nc3ccc(N4CCNCC4)cn3)ncc1CC2(C)C. The summed E-state index contributed by atoms with van der Waals surface area (Å²) in [6.07, 6.45) is 4.78. The molecule has 0 amide bonds. The molecular weight excluding hydrogens is 412 g/mol. The summed E-state index contributed by atoms with van der Waals surface area (Å²) in [4.78, 5) is 16.6. The number of aromatic nitrogens is 5. The van der Waals surface area contributed by atoms with Crippen LogP contribution in [0.15, 0.2) is 24.5 Å². The van der Waals surface area contributed by atoms with Crippen molar-refractivity contribution in [3.8, 4) is 11.3 Å². The summed E-state index contributed by atoms with van der Waals surface area (Å²) in [7, 11) is 0. The Kier molecular flexibility index (Phi) is 5.56. The van der Waals surface area contributed by atoms with Gasteiger partial charge in [-0.15, -0.1) is 0 Å². The van der Waals surface area contributed by atoms with Gasteiger partial charge in [0.15, 0.2) is 0 Å². The Morgan fingerprint density at radius 2 is 1.91 bits per heavy atom. The predicted molar refractivity (Wildman–Crippen MR) is 132 cm³/mol. The molecule has 8 heteroatoms. The minimum absolute atomic E-state index is 0.0495. The first-order valence-corrected chi connectivity index (χ1v) is 12.0. The van der Waals surface area contributed by atoms with Crippen LogP contribution in [0.4, 0.5) is 17.5 Å². The fraction of sp³-hybridized carbons (Fsp3) is 0.520. The van der Waals surface area contributed by atoms with Crippen LogP contribution in [0.5, 0.6) is 0 Å². The van der Waals surface area contributed by atoms with Crippen LogP contribution in [0.2, 0.25) is 0 Å². The molecule has 1 aliphatic carbocycles. The number of hydrogen-bond acceptors (Lipinski definition) is 7. The van der Waals surface area contributed by atoms with Crippen molar-refractivity contribution < 1.29 is 0 Å². The van der Waals surface area contributed by atoms with E-state index in [4.69, 9.17) is 10.1 Å². The van der Waals surface area contributed by atoms with Crippen LogP contribution in [-0.2, 0) is 18.4 Å². The lowest BCUT2D eigenvalue weighted by atomic mass is 9.74. The van der Waals surface area contributed by atoms with E-state index >= 15 is 0 Å². The molecule has 3 aromatic rings. The molecule has 1 saturated heterocycles. The van der Waals surface area contributed by atoms with Gasteiger partial charge in [-0.25, -0.2) is 15.0 Å². The number of pyridine rings is 1. The summed E-state index contributed by atoms with van der Waals surface area (Å²) in [6, 6.07) is 4.12. The molecule has 0 spiro atoms. The van der Waals surface area contributed by atoms with E-state index in [1.165, 1.54) is 16.8 Å². The van der Waals surface area contributed by atoms with Crippen molar-refractivity contribution in [3.05, 3.63) is 41.5 Å². The van der Waals surface area contributed by atoms with Gasteiger partial charge in [0.25, 0.3) is 0 Å². The predicted octanol–water partition coefficient (Wildman–Crippen LogP) is 3.87. The maximum Gasteiger partial charge on any atom is 0.228 e. The van der Waals surface area contributed by atoms with E-state index in [0.29, 0.717) is 11.9 Å². The molecule has 0 saturated carbocycles. The van der Waals surface area contributed by atoms with Crippen LogP contribution < -0.4 is 15.5 Å². The third kappa shape index (κ3) is 3.97. The number of nitrogens with one attached hydrogen (secondary N) is 2. The first-order valence-electron chi connectivity index (χ1n) is 12.0. The molecule has 5 rings (SSSR count). The standard InChI is InChI=1S/C25H34N8/c1-6-33-22(16(2)3)20-21-17(13-25(4,5)23(20)31-33)14-28-24(30-21)29-19-8-7-18(15-27-19)32-11-9-26-10-12-32/h7-8,14-16,26H,6,9-13H2,1-5H3,(H,27,28,29,30). The van der Waals surface area contributed by atoms with E-state index in [2.05, 4.69) is 70.9 Å². The molecule has 0 unspecified atom stereocenters. The molecule has 33 heavy (non-hydrogen) atoms. The number of aryl methyl sites for hydroxylation is 1. The van der Waals surface area contributed by atoms with Gasteiger partial charge in [-0.1, -0.05) is 27.7 Å². The van der Waals surface area contributed by atoms with Gasteiger partial charge < -0.3 is 15.5 Å². The zero-order valence-electron chi connectivity index (χ0n) is 20.3. The van der Waals surface area contributed by atoms with Gasteiger partial charge >= 0.3 is 0 Å². The van der Waals surface area contributed by atoms with E-state index in [-0.39, 0.29) is 5.41 Å². The lowest BCUT2D eigenvalue weighted by Gasteiger charge is -2.30. The van der Waals surface area contributed by atoms with Crippen molar-refractivity contribution in [2.45, 2.75) is 58.9 Å². The first-order chi connectivity index (χ1) is 15.9. The highest BCUT2D eigenvalue weighted by atomic mass is 15.3. The molecule has 3 aromatic heterocycles. The third-order valence-electron chi connectivity index (χ3n) is 6.68. The monoisotopic (exact) mass is 446 g/mol. The lowest BCUT2D eigenvalue weighted by molar-refractivity contribution is 0.482. The second kappa shape index (κ2) is 8.41. The van der Waals surface area contributed by atoms with Crippen LogP contribution in [0.3, 0.4) is 0 Å². The third-order valence-corrected chi connectivity index (χ3v) is 6.68. The summed E-state index contributed by atoms with van der Waals surface area (Å²) in [5, 5.41) is 11.7. The quantitative estimate of drug-likeness (QED) is 0.616. The maximum atomic E-state index is 5.02. The summed E-state index contributed by atoms with van der Waals surface area (Å²) in [5.41, 5.74) is 6.86. The van der Waals surface area contributed by atoms with Crippen LogP contribution in [-0.4, -0.2) is 50.9 Å². The second-order valence-corrected chi connectivity index (χ2v) is 9.97. The highest BCUT2D eigenvalue weighted by molar-refractivity contribution is 5.74. The summed E-state index contributed by atoms with van der Waals surface area (Å²) in [6.45, 7) is 16.0. The Labute approximate surface area is 195 Å². The van der Waals surface area contributed by atoms with Crippen molar-refractivity contribution in [1.29, 1.82) is 0 Å². The van der Waals surface area contributed by atoms with Crippen LogP contribution in [0.25, 0.3) is 11.3 Å². The van der Waals surface area contributed by atoms with Crippen LogP contribution in [0.1, 0.15) is 57.5 Å². The Balaban J connectivity index is 1.47. The molecule has 0 atom stereocenters. The molecule has 0 aromatic carbocycles. The van der Waals surface area contributed by atoms with E-state index < -0.39 is 0 Å². The number of rotatable bonds is 5. The van der Waals surface area contributed by atoms with Gasteiger partial charge in [0.05, 0.1) is 29.0 Å². The lowest BCUT2D eigenvalue weighted by Crippen LogP contribution is -2.43. The average Bonchev–Trinajstić information content (AvgIpc) is 3.22. The highest BCUT2D eigenvalue weighted by Gasteiger charge is 2.38. The largest absolute Gasteiger partial charge is 0.368 e. The van der Waals surface area contributed by atoms with Gasteiger partial charge in [-0.2, -0.15) is 5.10 Å². The maximum absolute atomic E-state index is 5.02. The minimum Gasteiger partial charge on any atom is -0.368 e. The number of hydrogen-bond donors (Lipinski definition) is 2. The van der Waals surface area contributed by atoms with Gasteiger partial charge in [-0.05, 0) is 37.0 Å². The Morgan fingerprint density at radius 1 is 1.12 bits per heavy atom. The van der Waals surface area contributed by atoms with Crippen LogP contribution in [0, 0.1) is 0 Å². The Morgan fingerprint density at radius 3 is 2.58 bits per heavy atom. The first kappa shape index (κ1) is 21.8. The highest BCUT2D eigenvalue weighted by Crippen LogP contribution is 2.45. The number of fused-ring (bicyclic) bond motifs is 3. The molecule has 2 aliphatic rings. The topological polar surface area (TPSA) is 83.8 Å². The van der Waals surface area contributed by atoms with Crippen molar-refractivity contribution in [2.24, 2.45) is 0 Å². The van der Waals surface area contributed by atoms with Gasteiger partial charge in [0.2, 0.25) is 5.95 Å². The zero-order valence-corrected chi connectivity index (χ0v) is 20.3. The summed E-state index contributed by atoms with van der Waals surface area (Å²) >= 11 is 0. The fourth-order valence-electron chi connectivity index (χ4n) is 5.07. The van der Waals surface area contributed by atoms with Gasteiger partial charge in [0, 0.05) is 49.9 Å². The summed E-state index contributed by atoms with van der Waals surface area (Å²) in [5.74, 6) is 1.67. The second-order valence-electron chi connectivity index (χ2n) is 9.97. The number of anilines is 3.